The van der Waals surface area contributed by atoms with Crippen molar-refractivity contribution in [3.63, 3.8) is 0 Å². The molecule has 2 aliphatic heterocycles. The van der Waals surface area contributed by atoms with Gasteiger partial charge in [0.25, 0.3) is 5.69 Å². The smallest absolute Gasteiger partial charge is 0.271 e. The number of carbonyl (C=O) groups is 2. The number of para-hydroxylation sites is 1. The second kappa shape index (κ2) is 6.77. The Bertz CT molecular complexity index is 962. The van der Waals surface area contributed by atoms with Crippen molar-refractivity contribution < 1.29 is 14.5 Å². The molecule has 0 bridgehead atoms. The molecule has 0 N–H and O–H groups in total. The molecule has 2 aliphatic rings. The molecule has 0 aromatic heterocycles. The maximum absolute atomic E-state index is 13.1. The van der Waals surface area contributed by atoms with Gasteiger partial charge in [0, 0.05) is 36.1 Å². The van der Waals surface area contributed by atoms with E-state index in [0.29, 0.717) is 25.2 Å². The number of nitro groups is 1. The second-order valence-electron chi connectivity index (χ2n) is 6.67. The Morgan fingerprint density at radius 2 is 1.96 bits per heavy atom. The van der Waals surface area contributed by atoms with E-state index in [1.165, 1.54) is 12.1 Å². The summed E-state index contributed by atoms with van der Waals surface area (Å²) in [6.45, 7) is 0.788. The lowest BCUT2D eigenvalue weighted by Crippen LogP contribution is -2.36. The van der Waals surface area contributed by atoms with E-state index in [1.807, 2.05) is 24.3 Å². The molecule has 0 aliphatic carbocycles. The quantitative estimate of drug-likeness (QED) is 0.553. The van der Waals surface area contributed by atoms with E-state index < -0.39 is 10.8 Å². The molecule has 0 saturated carbocycles. The molecule has 1 unspecified atom stereocenters. The number of nitro benzene ring substituents is 1. The van der Waals surface area contributed by atoms with Crippen LogP contribution in [0.2, 0.25) is 0 Å². The number of hydrogen-bond acceptors (Lipinski definition) is 4. The van der Waals surface area contributed by atoms with Crippen LogP contribution in [-0.4, -0.2) is 29.8 Å². The summed E-state index contributed by atoms with van der Waals surface area (Å²) in [5.74, 6) is -0.717. The zero-order valence-corrected chi connectivity index (χ0v) is 15.9. The number of benzene rings is 2. The molecule has 2 amide bonds. The summed E-state index contributed by atoms with van der Waals surface area (Å²) in [4.78, 5) is 39.4. The minimum absolute atomic E-state index is 0.0363. The molecule has 1 atom stereocenters. The van der Waals surface area contributed by atoms with E-state index in [4.69, 9.17) is 0 Å². The molecular formula is C19H16BrN3O4. The first kappa shape index (κ1) is 17.7. The number of anilines is 2. The van der Waals surface area contributed by atoms with Crippen LogP contribution in [0.1, 0.15) is 12.0 Å². The van der Waals surface area contributed by atoms with Gasteiger partial charge in [-0.15, -0.1) is 0 Å². The molecule has 2 heterocycles. The SMILES string of the molecule is O=C1CC(C(=O)N2CCc3ccc([N+](=O)[O-])cc32)CN1c1ccccc1Br. The number of non-ortho nitro benzene ring substituents is 1. The van der Waals surface area contributed by atoms with Crippen molar-refractivity contribution in [1.29, 1.82) is 0 Å². The van der Waals surface area contributed by atoms with Crippen molar-refractivity contribution in [2.75, 3.05) is 22.9 Å². The summed E-state index contributed by atoms with van der Waals surface area (Å²) in [5.41, 5.74) is 2.21. The van der Waals surface area contributed by atoms with Gasteiger partial charge in [0.1, 0.15) is 0 Å². The Morgan fingerprint density at radius 3 is 2.70 bits per heavy atom. The van der Waals surface area contributed by atoms with Crippen LogP contribution in [0.4, 0.5) is 17.1 Å². The Kier molecular flexibility index (Phi) is 4.43. The molecular weight excluding hydrogens is 414 g/mol. The lowest BCUT2D eigenvalue weighted by Gasteiger charge is -2.22. The van der Waals surface area contributed by atoms with Gasteiger partial charge in [0.2, 0.25) is 11.8 Å². The highest BCUT2D eigenvalue weighted by molar-refractivity contribution is 9.10. The normalized spacial score (nSPS) is 18.7. The summed E-state index contributed by atoms with van der Waals surface area (Å²) in [5, 5.41) is 11.1. The van der Waals surface area contributed by atoms with Gasteiger partial charge in [-0.25, -0.2) is 0 Å². The van der Waals surface area contributed by atoms with Crippen molar-refractivity contribution in [3.05, 3.63) is 62.6 Å². The predicted octanol–water partition coefficient (Wildman–Crippen LogP) is 3.30. The fraction of sp³-hybridized carbons (Fsp3) is 0.263. The molecule has 2 aromatic carbocycles. The fourth-order valence-electron chi connectivity index (χ4n) is 3.71. The van der Waals surface area contributed by atoms with Crippen molar-refractivity contribution in [2.24, 2.45) is 5.92 Å². The van der Waals surface area contributed by atoms with Gasteiger partial charge in [-0.1, -0.05) is 18.2 Å². The highest BCUT2D eigenvalue weighted by Gasteiger charge is 2.39. The third-order valence-corrected chi connectivity index (χ3v) is 5.73. The molecule has 7 nitrogen and oxygen atoms in total. The number of rotatable bonds is 3. The van der Waals surface area contributed by atoms with Gasteiger partial charge in [-0.2, -0.15) is 0 Å². The first-order chi connectivity index (χ1) is 13.0. The molecule has 8 heteroatoms. The molecule has 27 heavy (non-hydrogen) atoms. The summed E-state index contributed by atoms with van der Waals surface area (Å²) >= 11 is 3.45. The minimum Gasteiger partial charge on any atom is -0.311 e. The number of hydrogen-bond donors (Lipinski definition) is 0. The lowest BCUT2D eigenvalue weighted by molar-refractivity contribution is -0.384. The lowest BCUT2D eigenvalue weighted by atomic mass is 10.1. The largest absolute Gasteiger partial charge is 0.311 e. The van der Waals surface area contributed by atoms with Crippen LogP contribution in [0.15, 0.2) is 46.9 Å². The zero-order valence-electron chi connectivity index (χ0n) is 14.3. The van der Waals surface area contributed by atoms with E-state index in [-0.39, 0.29) is 23.9 Å². The predicted molar refractivity (Wildman–Crippen MR) is 104 cm³/mol. The van der Waals surface area contributed by atoms with Gasteiger partial charge in [0.15, 0.2) is 0 Å². The summed E-state index contributed by atoms with van der Waals surface area (Å²) < 4.78 is 0.800. The highest BCUT2D eigenvalue weighted by atomic mass is 79.9. The van der Waals surface area contributed by atoms with Gasteiger partial charge < -0.3 is 9.80 Å². The van der Waals surface area contributed by atoms with E-state index >= 15 is 0 Å². The molecule has 4 rings (SSSR count). The topological polar surface area (TPSA) is 83.8 Å². The average molecular weight is 430 g/mol. The molecule has 0 spiro atoms. The van der Waals surface area contributed by atoms with E-state index in [0.717, 1.165) is 15.7 Å². The minimum atomic E-state index is -0.463. The maximum Gasteiger partial charge on any atom is 0.271 e. The van der Waals surface area contributed by atoms with Crippen molar-refractivity contribution in [1.82, 2.24) is 0 Å². The van der Waals surface area contributed by atoms with Gasteiger partial charge in [-0.3, -0.25) is 19.7 Å². The van der Waals surface area contributed by atoms with E-state index in [1.54, 1.807) is 15.9 Å². The van der Waals surface area contributed by atoms with Crippen molar-refractivity contribution >= 4 is 44.8 Å². The number of carbonyl (C=O) groups excluding carboxylic acids is 2. The Morgan fingerprint density at radius 1 is 1.19 bits per heavy atom. The van der Waals surface area contributed by atoms with Gasteiger partial charge in [0.05, 0.1) is 22.2 Å². The van der Waals surface area contributed by atoms with Crippen LogP contribution < -0.4 is 9.80 Å². The molecule has 138 valence electrons. The number of amides is 2. The van der Waals surface area contributed by atoms with E-state index in [9.17, 15) is 19.7 Å². The van der Waals surface area contributed by atoms with Crippen LogP contribution in [0.25, 0.3) is 0 Å². The fourth-order valence-corrected chi connectivity index (χ4v) is 4.21. The van der Waals surface area contributed by atoms with Crippen LogP contribution in [0.3, 0.4) is 0 Å². The van der Waals surface area contributed by atoms with Crippen molar-refractivity contribution in [2.45, 2.75) is 12.8 Å². The second-order valence-corrected chi connectivity index (χ2v) is 7.52. The standard InChI is InChI=1S/C19H16BrN3O4/c20-15-3-1-2-4-16(15)22-11-13(9-18(22)24)19(25)21-8-7-12-5-6-14(23(26)27)10-17(12)21/h1-6,10,13H,7-9,11H2. The number of halogens is 1. The van der Waals surface area contributed by atoms with Gasteiger partial charge in [-0.05, 0) is 40.0 Å². The Labute approximate surface area is 163 Å². The Balaban J connectivity index is 1.57. The first-order valence-electron chi connectivity index (χ1n) is 8.59. The van der Waals surface area contributed by atoms with Crippen molar-refractivity contribution in [3.8, 4) is 0 Å². The molecule has 2 aromatic rings. The summed E-state index contributed by atoms with van der Waals surface area (Å²) in [6, 6.07) is 12.0. The van der Waals surface area contributed by atoms with Crippen LogP contribution in [0, 0.1) is 16.0 Å². The third kappa shape index (κ3) is 3.10. The summed E-state index contributed by atoms with van der Waals surface area (Å²) in [7, 11) is 0. The molecule has 1 fully saturated rings. The Hall–Kier alpha value is -2.74. The first-order valence-corrected chi connectivity index (χ1v) is 9.38. The number of fused-ring (bicyclic) bond motifs is 1. The maximum atomic E-state index is 13.1. The number of nitrogens with zero attached hydrogens (tertiary/aromatic N) is 3. The van der Waals surface area contributed by atoms with E-state index in [2.05, 4.69) is 15.9 Å². The molecule has 0 radical (unpaired) electrons. The van der Waals surface area contributed by atoms with Crippen LogP contribution in [-0.2, 0) is 16.0 Å². The van der Waals surface area contributed by atoms with Crippen LogP contribution in [0.5, 0.6) is 0 Å². The average Bonchev–Trinajstić information content (AvgIpc) is 3.24. The monoisotopic (exact) mass is 429 g/mol. The summed E-state index contributed by atoms with van der Waals surface area (Å²) in [6.07, 6.45) is 0.800. The van der Waals surface area contributed by atoms with Crippen LogP contribution >= 0.6 is 15.9 Å². The highest BCUT2D eigenvalue weighted by Crippen LogP contribution is 2.36. The third-order valence-electron chi connectivity index (χ3n) is 5.06. The molecule has 1 saturated heterocycles. The van der Waals surface area contributed by atoms with Gasteiger partial charge >= 0.3 is 0 Å². The zero-order chi connectivity index (χ0) is 19.1.